The van der Waals surface area contributed by atoms with Crippen LogP contribution in [0, 0.1) is 5.92 Å². The number of carbonyl (C=O) groups is 2. The van der Waals surface area contributed by atoms with E-state index in [1.807, 2.05) is 25.1 Å². The number of para-hydroxylation sites is 1. The summed E-state index contributed by atoms with van der Waals surface area (Å²) in [4.78, 5) is 33.1. The van der Waals surface area contributed by atoms with Gasteiger partial charge in [0.2, 0.25) is 5.91 Å². The molecule has 0 unspecified atom stereocenters. The van der Waals surface area contributed by atoms with Gasteiger partial charge in [0.25, 0.3) is 0 Å². The quantitative estimate of drug-likeness (QED) is 0.453. The van der Waals surface area contributed by atoms with Crippen LogP contribution in [0.5, 0.6) is 0 Å². The molecule has 2 amide bonds. The number of fused-ring (bicyclic) bond motifs is 2. The first-order valence-corrected chi connectivity index (χ1v) is 13.5. The fourth-order valence-electron chi connectivity index (χ4n) is 4.90. The summed E-state index contributed by atoms with van der Waals surface area (Å²) in [5.41, 5.74) is 3.21. The zero-order valence-electron chi connectivity index (χ0n) is 18.9. The normalized spacial score (nSPS) is 16.6. The summed E-state index contributed by atoms with van der Waals surface area (Å²) >= 11 is 3.24. The van der Waals surface area contributed by atoms with Crippen molar-refractivity contribution in [2.75, 3.05) is 18.5 Å². The zero-order valence-corrected chi connectivity index (χ0v) is 20.5. The lowest BCUT2D eigenvalue weighted by Crippen LogP contribution is -2.35. The van der Waals surface area contributed by atoms with E-state index in [0.29, 0.717) is 32.0 Å². The molecule has 3 heterocycles. The molecule has 2 aliphatic rings. The highest BCUT2D eigenvalue weighted by molar-refractivity contribution is 7.22. The molecule has 1 aliphatic heterocycles. The molecule has 8 heteroatoms. The number of aromatic nitrogens is 1. The van der Waals surface area contributed by atoms with Crippen LogP contribution in [-0.2, 0) is 22.5 Å². The van der Waals surface area contributed by atoms with Crippen molar-refractivity contribution in [1.82, 2.24) is 9.88 Å². The lowest BCUT2D eigenvalue weighted by Gasteiger charge is -2.26. The maximum Gasteiger partial charge on any atom is 0.410 e. The van der Waals surface area contributed by atoms with Gasteiger partial charge in [-0.15, -0.1) is 22.7 Å². The third kappa shape index (κ3) is 4.77. The Balaban J connectivity index is 1.46. The van der Waals surface area contributed by atoms with E-state index < -0.39 is 0 Å². The van der Waals surface area contributed by atoms with Crippen LogP contribution in [0.2, 0.25) is 0 Å². The number of nitrogens with zero attached hydrogens (tertiary/aromatic N) is 2. The Morgan fingerprint density at radius 1 is 1.18 bits per heavy atom. The third-order valence-electron chi connectivity index (χ3n) is 6.54. The Hall–Kier alpha value is -2.45. The molecule has 5 rings (SSSR count). The van der Waals surface area contributed by atoms with E-state index >= 15 is 0 Å². The second-order valence-electron chi connectivity index (χ2n) is 8.82. The number of carbonyl (C=O) groups excluding carboxylic acids is 2. The van der Waals surface area contributed by atoms with Gasteiger partial charge >= 0.3 is 6.09 Å². The number of anilines is 1. The molecule has 0 radical (unpaired) electrons. The fourth-order valence-corrected chi connectivity index (χ4v) is 7.29. The second-order valence-corrected chi connectivity index (χ2v) is 11.0. The Morgan fingerprint density at radius 2 is 2.00 bits per heavy atom. The maximum atomic E-state index is 13.0. The predicted molar refractivity (Wildman–Crippen MR) is 134 cm³/mol. The number of hydrogen-bond acceptors (Lipinski definition) is 6. The molecule has 0 spiro atoms. The van der Waals surface area contributed by atoms with Crippen molar-refractivity contribution >= 4 is 49.9 Å². The Labute approximate surface area is 202 Å². The monoisotopic (exact) mass is 483 g/mol. The Morgan fingerprint density at radius 3 is 2.79 bits per heavy atom. The molecule has 0 atom stereocenters. The van der Waals surface area contributed by atoms with Crippen LogP contribution in [0.15, 0.2) is 24.3 Å². The molecule has 1 saturated carbocycles. The van der Waals surface area contributed by atoms with E-state index in [9.17, 15) is 9.59 Å². The van der Waals surface area contributed by atoms with Crippen molar-refractivity contribution in [1.29, 1.82) is 0 Å². The van der Waals surface area contributed by atoms with Gasteiger partial charge in [0, 0.05) is 23.4 Å². The summed E-state index contributed by atoms with van der Waals surface area (Å²) in [6.07, 6.45) is 7.07. The first-order chi connectivity index (χ1) is 16.1. The van der Waals surface area contributed by atoms with Crippen LogP contribution >= 0.6 is 22.7 Å². The SMILES string of the molecule is CCOC(=O)N1CCc2c(sc(NC(=O)CC3CCCCC3)c2-c2nc3ccccc3s2)C1. The summed E-state index contributed by atoms with van der Waals surface area (Å²) in [6.45, 7) is 3.31. The smallest absolute Gasteiger partial charge is 0.410 e. The van der Waals surface area contributed by atoms with Crippen LogP contribution in [-0.4, -0.2) is 35.0 Å². The van der Waals surface area contributed by atoms with Gasteiger partial charge in [-0.2, -0.15) is 0 Å². The minimum absolute atomic E-state index is 0.0881. The minimum Gasteiger partial charge on any atom is -0.450 e. The van der Waals surface area contributed by atoms with E-state index in [4.69, 9.17) is 9.72 Å². The molecule has 1 aromatic carbocycles. The molecule has 1 N–H and O–H groups in total. The van der Waals surface area contributed by atoms with E-state index in [0.717, 1.165) is 49.9 Å². The van der Waals surface area contributed by atoms with Gasteiger partial charge in [0.05, 0.1) is 23.4 Å². The molecule has 2 aromatic heterocycles. The highest BCUT2D eigenvalue weighted by atomic mass is 32.1. The molecule has 0 saturated heterocycles. The average Bonchev–Trinajstić information content (AvgIpc) is 3.39. The summed E-state index contributed by atoms with van der Waals surface area (Å²) in [6, 6.07) is 8.13. The van der Waals surface area contributed by atoms with Crippen LogP contribution in [0.3, 0.4) is 0 Å². The van der Waals surface area contributed by atoms with Gasteiger partial charge in [-0.25, -0.2) is 9.78 Å². The lowest BCUT2D eigenvalue weighted by molar-refractivity contribution is -0.117. The molecule has 1 aliphatic carbocycles. The number of ether oxygens (including phenoxy) is 1. The van der Waals surface area contributed by atoms with E-state index in [-0.39, 0.29) is 12.0 Å². The van der Waals surface area contributed by atoms with Crippen molar-refractivity contribution < 1.29 is 14.3 Å². The first kappa shape index (κ1) is 22.3. The number of benzene rings is 1. The summed E-state index contributed by atoms with van der Waals surface area (Å²) < 4.78 is 6.35. The molecule has 6 nitrogen and oxygen atoms in total. The highest BCUT2D eigenvalue weighted by Gasteiger charge is 2.30. The van der Waals surface area contributed by atoms with Crippen molar-refractivity contribution in [2.24, 2.45) is 5.92 Å². The molecule has 33 heavy (non-hydrogen) atoms. The standard InChI is InChI=1S/C25H29N3O3S2/c1-2-31-25(30)28-13-12-17-20(15-28)33-24(27-21(29)14-16-8-4-3-5-9-16)22(17)23-26-18-10-6-7-11-19(18)32-23/h6-7,10-11,16H,2-5,8-9,12-15H2,1H3,(H,27,29). The highest BCUT2D eigenvalue weighted by Crippen LogP contribution is 2.46. The molecule has 1 fully saturated rings. The number of rotatable bonds is 5. The first-order valence-electron chi connectivity index (χ1n) is 11.8. The average molecular weight is 484 g/mol. The van der Waals surface area contributed by atoms with Crippen molar-refractivity contribution in [3.8, 4) is 10.6 Å². The molecular weight excluding hydrogens is 454 g/mol. The zero-order chi connectivity index (χ0) is 22.8. The van der Waals surface area contributed by atoms with E-state index in [1.54, 1.807) is 27.6 Å². The topological polar surface area (TPSA) is 71.5 Å². The maximum absolute atomic E-state index is 13.0. The van der Waals surface area contributed by atoms with Crippen molar-refractivity contribution in [3.05, 3.63) is 34.7 Å². The molecule has 0 bridgehead atoms. The van der Waals surface area contributed by atoms with Gasteiger partial charge in [-0.05, 0) is 49.8 Å². The molecule has 174 valence electrons. The lowest BCUT2D eigenvalue weighted by atomic mass is 9.87. The van der Waals surface area contributed by atoms with Crippen LogP contribution in [0.4, 0.5) is 9.80 Å². The van der Waals surface area contributed by atoms with Gasteiger partial charge < -0.3 is 15.0 Å². The molecular formula is C25H29N3O3S2. The number of nitrogens with one attached hydrogen (secondary N) is 1. The van der Waals surface area contributed by atoms with Crippen LogP contribution in [0.1, 0.15) is 55.9 Å². The Bertz CT molecular complexity index is 1130. The van der Waals surface area contributed by atoms with Crippen molar-refractivity contribution in [2.45, 2.75) is 58.4 Å². The van der Waals surface area contributed by atoms with Gasteiger partial charge in [0.15, 0.2) is 0 Å². The second kappa shape index (κ2) is 9.81. The van der Waals surface area contributed by atoms with E-state index in [1.165, 1.54) is 24.8 Å². The molecule has 3 aromatic rings. The summed E-state index contributed by atoms with van der Waals surface area (Å²) in [7, 11) is 0. The number of thiophene rings is 1. The van der Waals surface area contributed by atoms with Crippen LogP contribution < -0.4 is 5.32 Å². The number of thiazole rings is 1. The van der Waals surface area contributed by atoms with Crippen molar-refractivity contribution in [3.63, 3.8) is 0 Å². The minimum atomic E-state index is -0.277. The van der Waals surface area contributed by atoms with Gasteiger partial charge in [0.1, 0.15) is 10.0 Å². The predicted octanol–water partition coefficient (Wildman–Crippen LogP) is 6.45. The summed E-state index contributed by atoms with van der Waals surface area (Å²) in [5.74, 6) is 0.573. The van der Waals surface area contributed by atoms with E-state index in [2.05, 4.69) is 11.4 Å². The van der Waals surface area contributed by atoms with Gasteiger partial charge in [-0.3, -0.25) is 4.79 Å². The largest absolute Gasteiger partial charge is 0.450 e. The Kier molecular flexibility index (Phi) is 6.64. The number of hydrogen-bond donors (Lipinski definition) is 1. The third-order valence-corrected chi connectivity index (χ3v) is 8.73. The number of amides is 2. The summed E-state index contributed by atoms with van der Waals surface area (Å²) in [5, 5.41) is 5.04. The van der Waals surface area contributed by atoms with Gasteiger partial charge in [-0.1, -0.05) is 31.4 Å². The fraction of sp³-hybridized carbons (Fsp3) is 0.480. The van der Waals surface area contributed by atoms with Crippen LogP contribution in [0.25, 0.3) is 20.8 Å².